The first-order valence-electron chi connectivity index (χ1n) is 6.20. The van der Waals surface area contributed by atoms with Gasteiger partial charge in [0, 0.05) is 24.1 Å². The number of amides is 2. The Balaban J connectivity index is 2.03. The lowest BCUT2D eigenvalue weighted by molar-refractivity contribution is -0.0355. The summed E-state index contributed by atoms with van der Waals surface area (Å²) in [4.78, 5) is 18.1. The fourth-order valence-corrected chi connectivity index (χ4v) is 2.04. The van der Waals surface area contributed by atoms with E-state index in [-0.39, 0.29) is 18.2 Å². The molecule has 1 aromatic heterocycles. The molecule has 0 spiro atoms. The van der Waals surface area contributed by atoms with Crippen LogP contribution in [0.25, 0.3) is 0 Å². The van der Waals surface area contributed by atoms with Gasteiger partial charge in [0.1, 0.15) is 0 Å². The van der Waals surface area contributed by atoms with E-state index in [1.807, 2.05) is 31.7 Å². The molecule has 1 N–H and O–H groups in total. The van der Waals surface area contributed by atoms with E-state index < -0.39 is 0 Å². The van der Waals surface area contributed by atoms with Crippen molar-refractivity contribution in [3.05, 3.63) is 24.0 Å². The highest BCUT2D eigenvalue weighted by molar-refractivity contribution is 5.89. The lowest BCUT2D eigenvalue weighted by atomic mass is 10.1. The van der Waals surface area contributed by atoms with E-state index in [1.54, 1.807) is 12.3 Å². The van der Waals surface area contributed by atoms with Crippen LogP contribution in [-0.4, -0.2) is 41.2 Å². The smallest absolute Gasteiger partial charge is 0.322 e. The molecule has 1 aliphatic rings. The first kappa shape index (κ1) is 12.8. The van der Waals surface area contributed by atoms with Gasteiger partial charge in [-0.15, -0.1) is 0 Å². The van der Waals surface area contributed by atoms with Crippen LogP contribution in [-0.2, 0) is 4.74 Å². The number of hydrogen-bond acceptors (Lipinski definition) is 3. The number of nitrogens with zero attached hydrogens (tertiary/aromatic N) is 2. The zero-order chi connectivity index (χ0) is 13.1. The largest absolute Gasteiger partial charge is 0.375 e. The summed E-state index contributed by atoms with van der Waals surface area (Å²) < 4.78 is 5.51. The average Bonchev–Trinajstić information content (AvgIpc) is 2.32. The van der Waals surface area contributed by atoms with Gasteiger partial charge in [-0.25, -0.2) is 4.79 Å². The summed E-state index contributed by atoms with van der Waals surface area (Å²) in [6, 6.07) is 3.65. The first-order valence-corrected chi connectivity index (χ1v) is 6.20. The molecular formula is C13H19N3O2. The van der Waals surface area contributed by atoms with E-state index in [9.17, 15) is 4.79 Å². The van der Waals surface area contributed by atoms with Crippen molar-refractivity contribution in [3.63, 3.8) is 0 Å². The number of aryl methyl sites for hydroxylation is 1. The summed E-state index contributed by atoms with van der Waals surface area (Å²) >= 11 is 0. The van der Waals surface area contributed by atoms with Crippen molar-refractivity contribution in [2.24, 2.45) is 0 Å². The van der Waals surface area contributed by atoms with Gasteiger partial charge in [-0.2, -0.15) is 0 Å². The fourth-order valence-electron chi connectivity index (χ4n) is 2.04. The molecule has 2 amide bonds. The standard InChI is InChI=1S/C13H19N3O2/c1-9-8-12(4-5-14-9)15-13(17)16-6-7-18-11(3)10(16)2/h4-5,8,10-11H,6-7H2,1-3H3,(H,14,15,17). The van der Waals surface area contributed by atoms with E-state index in [4.69, 9.17) is 4.74 Å². The molecule has 0 bridgehead atoms. The Kier molecular flexibility index (Phi) is 3.81. The topological polar surface area (TPSA) is 54.5 Å². The number of pyridine rings is 1. The molecule has 2 rings (SSSR count). The molecule has 98 valence electrons. The minimum atomic E-state index is -0.0803. The zero-order valence-corrected chi connectivity index (χ0v) is 11.0. The molecule has 0 saturated carbocycles. The van der Waals surface area contributed by atoms with Crippen LogP contribution in [0.2, 0.25) is 0 Å². The number of urea groups is 1. The molecule has 5 nitrogen and oxygen atoms in total. The number of rotatable bonds is 1. The number of carbonyl (C=O) groups is 1. The summed E-state index contributed by atoms with van der Waals surface area (Å²) in [7, 11) is 0. The maximum Gasteiger partial charge on any atom is 0.322 e. The molecule has 1 saturated heterocycles. The Labute approximate surface area is 107 Å². The van der Waals surface area contributed by atoms with Crippen molar-refractivity contribution in [2.45, 2.75) is 32.9 Å². The second-order valence-corrected chi connectivity index (χ2v) is 4.63. The molecule has 2 heterocycles. The number of nitrogens with one attached hydrogen (secondary N) is 1. The van der Waals surface area contributed by atoms with Gasteiger partial charge in [0.25, 0.3) is 0 Å². The van der Waals surface area contributed by atoms with Crippen LogP contribution in [0, 0.1) is 6.92 Å². The second-order valence-electron chi connectivity index (χ2n) is 4.63. The number of carbonyl (C=O) groups excluding carboxylic acids is 1. The summed E-state index contributed by atoms with van der Waals surface area (Å²) in [6.07, 6.45) is 1.76. The van der Waals surface area contributed by atoms with Gasteiger partial charge < -0.3 is 15.0 Å². The first-order chi connectivity index (χ1) is 8.58. The van der Waals surface area contributed by atoms with Gasteiger partial charge in [0.05, 0.1) is 18.8 Å². The minimum absolute atomic E-state index is 0.0728. The number of ether oxygens (including phenoxy) is 1. The van der Waals surface area contributed by atoms with Crippen LogP contribution >= 0.6 is 0 Å². The number of hydrogen-bond donors (Lipinski definition) is 1. The molecule has 1 aliphatic heterocycles. The molecule has 1 aromatic rings. The molecule has 0 aliphatic carbocycles. The highest BCUT2D eigenvalue weighted by Crippen LogP contribution is 2.15. The van der Waals surface area contributed by atoms with Crippen LogP contribution in [0.4, 0.5) is 10.5 Å². The van der Waals surface area contributed by atoms with E-state index in [0.29, 0.717) is 13.2 Å². The normalized spacial score (nSPS) is 23.8. The fraction of sp³-hybridized carbons (Fsp3) is 0.538. The van der Waals surface area contributed by atoms with Crippen molar-refractivity contribution in [3.8, 4) is 0 Å². The summed E-state index contributed by atoms with van der Waals surface area (Å²) in [5.74, 6) is 0. The van der Waals surface area contributed by atoms with Crippen LogP contribution < -0.4 is 5.32 Å². The molecule has 1 fully saturated rings. The van der Waals surface area contributed by atoms with Gasteiger partial charge >= 0.3 is 6.03 Å². The molecule has 2 atom stereocenters. The minimum Gasteiger partial charge on any atom is -0.375 e. The highest BCUT2D eigenvalue weighted by atomic mass is 16.5. The van der Waals surface area contributed by atoms with Gasteiger partial charge in [-0.1, -0.05) is 0 Å². The third-order valence-electron chi connectivity index (χ3n) is 3.29. The zero-order valence-electron chi connectivity index (χ0n) is 11.0. The van der Waals surface area contributed by atoms with E-state index in [2.05, 4.69) is 10.3 Å². The second kappa shape index (κ2) is 5.35. The Morgan fingerprint density at radius 2 is 2.33 bits per heavy atom. The Morgan fingerprint density at radius 1 is 1.56 bits per heavy atom. The van der Waals surface area contributed by atoms with Crippen molar-refractivity contribution in [2.75, 3.05) is 18.5 Å². The molecule has 0 aromatic carbocycles. The monoisotopic (exact) mass is 249 g/mol. The van der Waals surface area contributed by atoms with Crippen molar-refractivity contribution in [1.29, 1.82) is 0 Å². The van der Waals surface area contributed by atoms with E-state index in [0.717, 1.165) is 11.4 Å². The Bertz CT molecular complexity index is 436. The number of anilines is 1. The number of morpholine rings is 1. The summed E-state index contributed by atoms with van der Waals surface area (Å²) in [5, 5.41) is 2.89. The van der Waals surface area contributed by atoms with Gasteiger partial charge in [-0.05, 0) is 32.9 Å². The SMILES string of the molecule is Cc1cc(NC(=O)N2CCOC(C)C2C)ccn1. The third-order valence-corrected chi connectivity index (χ3v) is 3.29. The van der Waals surface area contributed by atoms with Crippen molar-refractivity contribution >= 4 is 11.7 Å². The van der Waals surface area contributed by atoms with Crippen LogP contribution in [0.3, 0.4) is 0 Å². The lowest BCUT2D eigenvalue weighted by Gasteiger charge is -2.37. The average molecular weight is 249 g/mol. The van der Waals surface area contributed by atoms with Gasteiger partial charge in [0.15, 0.2) is 0 Å². The van der Waals surface area contributed by atoms with Crippen molar-refractivity contribution in [1.82, 2.24) is 9.88 Å². The molecular weight excluding hydrogens is 230 g/mol. The van der Waals surface area contributed by atoms with Gasteiger partial charge in [0.2, 0.25) is 0 Å². The van der Waals surface area contributed by atoms with E-state index in [1.165, 1.54) is 0 Å². The predicted molar refractivity (Wildman–Crippen MR) is 69.6 cm³/mol. The quantitative estimate of drug-likeness (QED) is 0.828. The maximum absolute atomic E-state index is 12.2. The lowest BCUT2D eigenvalue weighted by Crippen LogP contribution is -2.52. The van der Waals surface area contributed by atoms with Crippen molar-refractivity contribution < 1.29 is 9.53 Å². The van der Waals surface area contributed by atoms with Crippen LogP contribution in [0.1, 0.15) is 19.5 Å². The third kappa shape index (κ3) is 2.79. The van der Waals surface area contributed by atoms with Crippen LogP contribution in [0.15, 0.2) is 18.3 Å². The summed E-state index contributed by atoms with van der Waals surface area (Å²) in [6.45, 7) is 7.10. The maximum atomic E-state index is 12.2. The Morgan fingerprint density at radius 3 is 3.06 bits per heavy atom. The van der Waals surface area contributed by atoms with Gasteiger partial charge in [-0.3, -0.25) is 4.98 Å². The van der Waals surface area contributed by atoms with E-state index >= 15 is 0 Å². The molecule has 0 radical (unpaired) electrons. The predicted octanol–water partition coefficient (Wildman–Crippen LogP) is 2.03. The molecule has 5 heteroatoms. The Hall–Kier alpha value is -1.62. The van der Waals surface area contributed by atoms with Crippen LogP contribution in [0.5, 0.6) is 0 Å². The number of aromatic nitrogens is 1. The highest BCUT2D eigenvalue weighted by Gasteiger charge is 2.29. The molecule has 2 unspecified atom stereocenters. The summed E-state index contributed by atoms with van der Waals surface area (Å²) in [5.41, 5.74) is 1.66. The molecule has 18 heavy (non-hydrogen) atoms.